The first-order valence-electron chi connectivity index (χ1n) is 4.51. The molecule has 4 heteroatoms. The number of aryl methyl sites for hydroxylation is 1. The first-order chi connectivity index (χ1) is 6.83. The highest BCUT2D eigenvalue weighted by Gasteiger charge is 2.11. The summed E-state index contributed by atoms with van der Waals surface area (Å²) in [7, 11) is 0. The third-order valence-electron chi connectivity index (χ3n) is 2.16. The number of hydrogen-bond acceptors (Lipinski definition) is 4. The largest absolute Gasteiger partial charge is 0.361 e. The van der Waals surface area contributed by atoms with Crippen molar-refractivity contribution in [2.24, 2.45) is 5.73 Å². The SMILES string of the molecule is Cc1oncc1-c1ccsc1CCN. The maximum absolute atomic E-state index is 5.55. The van der Waals surface area contributed by atoms with Crippen LogP contribution in [-0.2, 0) is 6.42 Å². The van der Waals surface area contributed by atoms with Gasteiger partial charge in [-0.25, -0.2) is 0 Å². The number of nitrogens with two attached hydrogens (primary N) is 1. The van der Waals surface area contributed by atoms with E-state index in [1.165, 1.54) is 10.4 Å². The second kappa shape index (κ2) is 3.94. The number of hydrogen-bond donors (Lipinski definition) is 1. The van der Waals surface area contributed by atoms with Gasteiger partial charge in [-0.05, 0) is 31.3 Å². The first kappa shape index (κ1) is 9.43. The Balaban J connectivity index is 2.41. The zero-order chi connectivity index (χ0) is 9.97. The van der Waals surface area contributed by atoms with Crippen molar-refractivity contribution in [3.8, 4) is 11.1 Å². The van der Waals surface area contributed by atoms with E-state index in [2.05, 4.69) is 16.6 Å². The summed E-state index contributed by atoms with van der Waals surface area (Å²) in [6.45, 7) is 2.60. The van der Waals surface area contributed by atoms with E-state index < -0.39 is 0 Å². The van der Waals surface area contributed by atoms with Gasteiger partial charge in [0.2, 0.25) is 0 Å². The molecule has 0 radical (unpaired) electrons. The maximum atomic E-state index is 5.55. The van der Waals surface area contributed by atoms with Gasteiger partial charge < -0.3 is 10.3 Å². The van der Waals surface area contributed by atoms with Crippen molar-refractivity contribution in [3.05, 3.63) is 28.3 Å². The lowest BCUT2D eigenvalue weighted by Crippen LogP contribution is -2.01. The predicted molar refractivity (Wildman–Crippen MR) is 57.3 cm³/mol. The molecule has 0 bridgehead atoms. The van der Waals surface area contributed by atoms with Crippen LogP contribution in [0.3, 0.4) is 0 Å². The fourth-order valence-electron chi connectivity index (χ4n) is 1.46. The summed E-state index contributed by atoms with van der Waals surface area (Å²) in [5, 5.41) is 5.85. The van der Waals surface area contributed by atoms with Crippen molar-refractivity contribution < 1.29 is 4.52 Å². The van der Waals surface area contributed by atoms with Crippen LogP contribution in [0.25, 0.3) is 11.1 Å². The van der Waals surface area contributed by atoms with E-state index in [4.69, 9.17) is 10.3 Å². The van der Waals surface area contributed by atoms with E-state index >= 15 is 0 Å². The van der Waals surface area contributed by atoms with Crippen LogP contribution in [0.15, 0.2) is 22.2 Å². The molecule has 0 aromatic carbocycles. The summed E-state index contributed by atoms with van der Waals surface area (Å²) in [6, 6.07) is 2.09. The molecule has 0 aliphatic rings. The minimum absolute atomic E-state index is 0.678. The molecule has 2 heterocycles. The Kier molecular flexibility index (Phi) is 2.65. The van der Waals surface area contributed by atoms with E-state index in [9.17, 15) is 0 Å². The lowest BCUT2D eigenvalue weighted by Gasteiger charge is -1.99. The third-order valence-corrected chi connectivity index (χ3v) is 3.14. The Labute approximate surface area is 86.5 Å². The molecule has 0 fully saturated rings. The van der Waals surface area contributed by atoms with Crippen molar-refractivity contribution in [1.82, 2.24) is 5.16 Å². The second-order valence-corrected chi connectivity index (χ2v) is 4.09. The van der Waals surface area contributed by atoms with Crippen molar-refractivity contribution in [2.75, 3.05) is 6.54 Å². The molecular weight excluding hydrogens is 196 g/mol. The van der Waals surface area contributed by atoms with Crippen LogP contribution in [0.1, 0.15) is 10.6 Å². The molecule has 14 heavy (non-hydrogen) atoms. The van der Waals surface area contributed by atoms with E-state index in [0.29, 0.717) is 6.54 Å². The van der Waals surface area contributed by atoms with Gasteiger partial charge in [0, 0.05) is 16.0 Å². The second-order valence-electron chi connectivity index (χ2n) is 3.09. The normalized spacial score (nSPS) is 10.7. The van der Waals surface area contributed by atoms with E-state index in [1.807, 2.05) is 6.92 Å². The van der Waals surface area contributed by atoms with Crippen LogP contribution in [0.2, 0.25) is 0 Å². The summed E-state index contributed by atoms with van der Waals surface area (Å²) >= 11 is 1.73. The summed E-state index contributed by atoms with van der Waals surface area (Å²) in [5.41, 5.74) is 7.83. The fraction of sp³-hybridized carbons (Fsp3) is 0.300. The molecule has 0 unspecified atom stereocenters. The van der Waals surface area contributed by atoms with Crippen LogP contribution in [0.4, 0.5) is 0 Å². The molecule has 3 nitrogen and oxygen atoms in total. The molecule has 0 atom stereocenters. The average Bonchev–Trinajstić information content (AvgIpc) is 2.74. The van der Waals surface area contributed by atoms with Crippen LogP contribution >= 0.6 is 11.3 Å². The Morgan fingerprint density at radius 3 is 3.00 bits per heavy atom. The molecule has 2 rings (SSSR count). The smallest absolute Gasteiger partial charge is 0.141 e. The van der Waals surface area contributed by atoms with Crippen molar-refractivity contribution >= 4 is 11.3 Å². The average molecular weight is 208 g/mol. The van der Waals surface area contributed by atoms with Crippen molar-refractivity contribution in [1.29, 1.82) is 0 Å². The Morgan fingerprint density at radius 1 is 1.50 bits per heavy atom. The van der Waals surface area contributed by atoms with E-state index in [-0.39, 0.29) is 0 Å². The van der Waals surface area contributed by atoms with Gasteiger partial charge in [0.05, 0.1) is 6.20 Å². The van der Waals surface area contributed by atoms with Crippen molar-refractivity contribution in [2.45, 2.75) is 13.3 Å². The molecule has 2 N–H and O–H groups in total. The summed E-state index contributed by atoms with van der Waals surface area (Å²) < 4.78 is 5.04. The van der Waals surface area contributed by atoms with Crippen LogP contribution < -0.4 is 5.73 Å². The van der Waals surface area contributed by atoms with Gasteiger partial charge in [0.25, 0.3) is 0 Å². The van der Waals surface area contributed by atoms with E-state index in [1.54, 1.807) is 17.5 Å². The van der Waals surface area contributed by atoms with Gasteiger partial charge in [-0.3, -0.25) is 0 Å². The first-order valence-corrected chi connectivity index (χ1v) is 5.39. The quantitative estimate of drug-likeness (QED) is 0.841. The molecular formula is C10H12N2OS. The molecule has 0 saturated heterocycles. The number of rotatable bonds is 3. The summed E-state index contributed by atoms with van der Waals surface area (Å²) in [4.78, 5) is 1.30. The monoisotopic (exact) mass is 208 g/mol. The van der Waals surface area contributed by atoms with Gasteiger partial charge >= 0.3 is 0 Å². The zero-order valence-electron chi connectivity index (χ0n) is 7.99. The Hall–Kier alpha value is -1.13. The van der Waals surface area contributed by atoms with Crippen LogP contribution in [-0.4, -0.2) is 11.7 Å². The maximum Gasteiger partial charge on any atom is 0.141 e. The molecule has 0 aliphatic carbocycles. The number of thiophene rings is 1. The standard InChI is InChI=1S/C10H12N2OS/c1-7-9(6-12-13-7)8-3-5-14-10(8)2-4-11/h3,5-6H,2,4,11H2,1H3. The third kappa shape index (κ3) is 1.58. The minimum Gasteiger partial charge on any atom is -0.361 e. The van der Waals surface area contributed by atoms with Gasteiger partial charge in [-0.15, -0.1) is 11.3 Å². The Morgan fingerprint density at radius 2 is 2.36 bits per heavy atom. The molecule has 2 aromatic rings. The molecule has 2 aromatic heterocycles. The van der Waals surface area contributed by atoms with Crippen molar-refractivity contribution in [3.63, 3.8) is 0 Å². The molecule has 74 valence electrons. The highest BCUT2D eigenvalue weighted by Crippen LogP contribution is 2.30. The molecule has 0 amide bonds. The topological polar surface area (TPSA) is 52.0 Å². The number of nitrogens with zero attached hydrogens (tertiary/aromatic N) is 1. The predicted octanol–water partition coefficient (Wildman–Crippen LogP) is 2.21. The fourth-order valence-corrected chi connectivity index (χ4v) is 2.37. The summed E-state index contributed by atoms with van der Waals surface area (Å²) in [6.07, 6.45) is 2.68. The lowest BCUT2D eigenvalue weighted by molar-refractivity contribution is 0.398. The Bertz CT molecular complexity index is 419. The van der Waals surface area contributed by atoms with Gasteiger partial charge in [0.15, 0.2) is 0 Å². The molecule has 0 spiro atoms. The highest BCUT2D eigenvalue weighted by atomic mass is 32.1. The van der Waals surface area contributed by atoms with Gasteiger partial charge in [-0.1, -0.05) is 5.16 Å². The lowest BCUT2D eigenvalue weighted by atomic mass is 10.1. The van der Waals surface area contributed by atoms with E-state index in [0.717, 1.165) is 17.7 Å². The van der Waals surface area contributed by atoms with Gasteiger partial charge in [0.1, 0.15) is 5.76 Å². The minimum atomic E-state index is 0.678. The number of aromatic nitrogens is 1. The zero-order valence-corrected chi connectivity index (χ0v) is 8.80. The molecule has 0 aliphatic heterocycles. The summed E-state index contributed by atoms with van der Waals surface area (Å²) in [5.74, 6) is 0.863. The molecule has 0 saturated carbocycles. The highest BCUT2D eigenvalue weighted by molar-refractivity contribution is 7.10. The van der Waals surface area contributed by atoms with Gasteiger partial charge in [-0.2, -0.15) is 0 Å². The van der Waals surface area contributed by atoms with Crippen LogP contribution in [0, 0.1) is 6.92 Å². The van der Waals surface area contributed by atoms with Crippen LogP contribution in [0.5, 0.6) is 0 Å².